The quantitative estimate of drug-likeness (QED) is 0.269. The Morgan fingerprint density at radius 3 is 2.76 bits per heavy atom. The zero-order valence-corrected chi connectivity index (χ0v) is 18.0. The van der Waals surface area contributed by atoms with E-state index in [9.17, 15) is 14.7 Å². The van der Waals surface area contributed by atoms with Crippen LogP contribution >= 0.6 is 0 Å². The summed E-state index contributed by atoms with van der Waals surface area (Å²) in [6.07, 6.45) is 5.08. The highest BCUT2D eigenvalue weighted by atomic mass is 16.6. The van der Waals surface area contributed by atoms with Crippen molar-refractivity contribution in [1.29, 1.82) is 0 Å². The van der Waals surface area contributed by atoms with Crippen LogP contribution in [0.2, 0.25) is 0 Å². The van der Waals surface area contributed by atoms with E-state index in [0.29, 0.717) is 27.9 Å². The van der Waals surface area contributed by atoms with Crippen molar-refractivity contribution in [2.24, 2.45) is 4.99 Å². The second kappa shape index (κ2) is 8.69. The van der Waals surface area contributed by atoms with Gasteiger partial charge >= 0.3 is 11.7 Å². The molecule has 3 heterocycles. The van der Waals surface area contributed by atoms with E-state index in [1.165, 1.54) is 11.6 Å². The van der Waals surface area contributed by atoms with Gasteiger partial charge in [-0.25, -0.2) is 14.6 Å². The minimum absolute atomic E-state index is 0.183. The number of H-pyrrole nitrogens is 2. The van der Waals surface area contributed by atoms with E-state index >= 15 is 0 Å². The molecular formula is C21H20N8O5. The van der Waals surface area contributed by atoms with Gasteiger partial charge in [0.1, 0.15) is 11.4 Å². The number of anilines is 2. The Labute approximate surface area is 190 Å². The number of aromatic amines is 2. The molecule has 1 fully saturated rings. The number of aromatic nitrogens is 6. The van der Waals surface area contributed by atoms with Crippen LogP contribution in [-0.2, 0) is 9.53 Å². The van der Waals surface area contributed by atoms with E-state index < -0.39 is 11.7 Å². The number of methoxy groups -OCH3 is 1. The monoisotopic (exact) mass is 464 g/mol. The first-order valence-corrected chi connectivity index (χ1v) is 10.4. The number of benzene rings is 1. The molecule has 1 aliphatic carbocycles. The lowest BCUT2D eigenvalue weighted by molar-refractivity contribution is -0.142. The number of carbonyl (C=O) groups is 1. The maximum Gasteiger partial charge on any atom is 0.343 e. The molecule has 0 atom stereocenters. The summed E-state index contributed by atoms with van der Waals surface area (Å²) in [6.45, 7) is -0.183. The average Bonchev–Trinajstić information content (AvgIpc) is 3.46. The first kappa shape index (κ1) is 21.2. The SMILES string of the molecule is COC(=O)COc1ccc(Nc2nc(=NC3CC3)n3ncc(=Cc4[nH]c(=O)[nH]c4O)c3n2)cc1. The molecule has 0 amide bonds. The van der Waals surface area contributed by atoms with Crippen molar-refractivity contribution in [3.8, 4) is 11.6 Å². The fourth-order valence-electron chi connectivity index (χ4n) is 3.10. The van der Waals surface area contributed by atoms with Gasteiger partial charge in [0, 0.05) is 10.9 Å². The summed E-state index contributed by atoms with van der Waals surface area (Å²) in [5.41, 5.74) is 1.19. The third-order valence-electron chi connectivity index (χ3n) is 4.95. The third kappa shape index (κ3) is 4.57. The Morgan fingerprint density at radius 2 is 2.09 bits per heavy atom. The van der Waals surface area contributed by atoms with Crippen molar-refractivity contribution in [2.75, 3.05) is 19.0 Å². The second-order valence-corrected chi connectivity index (χ2v) is 7.54. The smallest absolute Gasteiger partial charge is 0.343 e. The van der Waals surface area contributed by atoms with Gasteiger partial charge in [0.25, 0.3) is 5.62 Å². The Kier molecular flexibility index (Phi) is 5.41. The molecule has 1 aliphatic rings. The molecule has 0 radical (unpaired) electrons. The van der Waals surface area contributed by atoms with Crippen LogP contribution in [0.4, 0.5) is 11.6 Å². The van der Waals surface area contributed by atoms with Gasteiger partial charge in [0.05, 0.1) is 19.3 Å². The summed E-state index contributed by atoms with van der Waals surface area (Å²) >= 11 is 0. The van der Waals surface area contributed by atoms with E-state index in [1.807, 2.05) is 0 Å². The standard InChI is InChI=1S/C21H20N8O5/c1-33-16(30)10-34-14-6-4-12(5-7-14)23-19-26-17-11(8-15-18(31)27-21(32)25-15)9-22-29(17)20(28-19)24-13-2-3-13/h4-9,13,31H,2-3,10H2,1H3,(H,23,24,28)(H2,25,27,32). The molecule has 0 spiro atoms. The van der Waals surface area contributed by atoms with E-state index in [-0.39, 0.29) is 30.2 Å². The van der Waals surface area contributed by atoms with E-state index in [1.54, 1.807) is 36.5 Å². The lowest BCUT2D eigenvalue weighted by Gasteiger charge is -2.08. The number of nitrogens with zero attached hydrogens (tertiary/aromatic N) is 5. The number of esters is 1. The van der Waals surface area contributed by atoms with Crippen molar-refractivity contribution in [1.82, 2.24) is 29.5 Å². The van der Waals surface area contributed by atoms with Gasteiger partial charge in [0.15, 0.2) is 12.3 Å². The van der Waals surface area contributed by atoms with Gasteiger partial charge in [-0.15, -0.1) is 0 Å². The molecule has 34 heavy (non-hydrogen) atoms. The number of carbonyl (C=O) groups excluding carboxylic acids is 1. The summed E-state index contributed by atoms with van der Waals surface area (Å²) in [4.78, 5) is 41.1. The van der Waals surface area contributed by atoms with Crippen molar-refractivity contribution >= 4 is 29.3 Å². The lowest BCUT2D eigenvalue weighted by atomic mass is 10.3. The normalized spacial score (nSPS) is 14.5. The van der Waals surface area contributed by atoms with Gasteiger partial charge < -0.3 is 24.9 Å². The molecule has 5 rings (SSSR count). The van der Waals surface area contributed by atoms with Crippen LogP contribution < -0.4 is 26.6 Å². The Bertz CT molecular complexity index is 1530. The highest BCUT2D eigenvalue weighted by molar-refractivity contribution is 5.71. The minimum Gasteiger partial charge on any atom is -0.493 e. The molecule has 0 aliphatic heterocycles. The number of ether oxygens (including phenoxy) is 2. The number of rotatable bonds is 7. The molecule has 174 valence electrons. The zero-order chi connectivity index (χ0) is 23.7. The molecule has 1 saturated carbocycles. The highest BCUT2D eigenvalue weighted by Crippen LogP contribution is 2.22. The van der Waals surface area contributed by atoms with Gasteiger partial charge in [0.2, 0.25) is 11.8 Å². The summed E-state index contributed by atoms with van der Waals surface area (Å²) in [6, 6.07) is 7.09. The molecule has 13 nitrogen and oxygen atoms in total. The van der Waals surface area contributed by atoms with Crippen molar-refractivity contribution in [3.63, 3.8) is 0 Å². The first-order valence-electron chi connectivity index (χ1n) is 10.4. The maximum absolute atomic E-state index is 11.5. The van der Waals surface area contributed by atoms with E-state index in [4.69, 9.17) is 4.74 Å². The topological polar surface area (TPSA) is 172 Å². The fraction of sp³-hybridized carbons (Fsp3) is 0.238. The fourth-order valence-corrected chi connectivity index (χ4v) is 3.10. The zero-order valence-electron chi connectivity index (χ0n) is 18.0. The van der Waals surface area contributed by atoms with Crippen LogP contribution in [0.3, 0.4) is 0 Å². The molecule has 0 unspecified atom stereocenters. The largest absolute Gasteiger partial charge is 0.493 e. The van der Waals surface area contributed by atoms with Gasteiger partial charge in [-0.1, -0.05) is 0 Å². The second-order valence-electron chi connectivity index (χ2n) is 7.54. The van der Waals surface area contributed by atoms with Crippen LogP contribution in [-0.4, -0.2) is 60.4 Å². The summed E-state index contributed by atoms with van der Waals surface area (Å²) in [5, 5.41) is 17.9. The van der Waals surface area contributed by atoms with E-state index in [2.05, 4.69) is 40.1 Å². The van der Waals surface area contributed by atoms with Crippen molar-refractivity contribution in [3.05, 3.63) is 57.5 Å². The maximum atomic E-state index is 11.5. The number of fused-ring (bicyclic) bond motifs is 1. The average molecular weight is 464 g/mol. The summed E-state index contributed by atoms with van der Waals surface area (Å²) in [5.74, 6) is 0.0391. The molecule has 0 bridgehead atoms. The minimum atomic E-state index is -0.527. The first-order chi connectivity index (χ1) is 16.5. The number of hydrogen-bond donors (Lipinski definition) is 4. The molecular weight excluding hydrogens is 444 g/mol. The van der Waals surface area contributed by atoms with Crippen LogP contribution in [0, 0.1) is 0 Å². The Hall–Kier alpha value is -4.68. The molecule has 3 aromatic heterocycles. The van der Waals surface area contributed by atoms with Crippen LogP contribution in [0.5, 0.6) is 11.6 Å². The van der Waals surface area contributed by atoms with Gasteiger partial charge in [-0.3, -0.25) is 4.98 Å². The van der Waals surface area contributed by atoms with Crippen LogP contribution in [0.1, 0.15) is 18.5 Å². The van der Waals surface area contributed by atoms with Crippen LogP contribution in [0.25, 0.3) is 11.7 Å². The van der Waals surface area contributed by atoms with Gasteiger partial charge in [-0.2, -0.15) is 19.6 Å². The third-order valence-corrected chi connectivity index (χ3v) is 4.95. The molecule has 4 N–H and O–H groups in total. The summed E-state index contributed by atoms with van der Waals surface area (Å²) in [7, 11) is 1.30. The molecule has 1 aromatic carbocycles. The number of aromatic hydroxyl groups is 1. The molecule has 4 aromatic rings. The molecule has 0 saturated heterocycles. The predicted octanol–water partition coefficient (Wildman–Crippen LogP) is -0.247. The summed E-state index contributed by atoms with van der Waals surface area (Å²) < 4.78 is 11.4. The van der Waals surface area contributed by atoms with Crippen molar-refractivity contribution < 1.29 is 19.4 Å². The number of imidazole rings is 1. The predicted molar refractivity (Wildman–Crippen MR) is 118 cm³/mol. The Morgan fingerprint density at radius 1 is 1.29 bits per heavy atom. The van der Waals surface area contributed by atoms with Crippen molar-refractivity contribution in [2.45, 2.75) is 18.9 Å². The number of hydrogen-bond acceptors (Lipinski definition) is 10. The lowest BCUT2D eigenvalue weighted by Crippen LogP contribution is -2.24. The Balaban J connectivity index is 1.49. The van der Waals surface area contributed by atoms with Gasteiger partial charge in [-0.05, 0) is 43.2 Å². The van der Waals surface area contributed by atoms with E-state index in [0.717, 1.165) is 12.8 Å². The van der Waals surface area contributed by atoms with Crippen LogP contribution in [0.15, 0.2) is 40.2 Å². The molecule has 13 heteroatoms. The highest BCUT2D eigenvalue weighted by Gasteiger charge is 2.21. The number of nitrogens with one attached hydrogen (secondary N) is 3.